The van der Waals surface area contributed by atoms with E-state index in [4.69, 9.17) is 18.9 Å². The predicted octanol–water partition coefficient (Wildman–Crippen LogP) is 5.15. The van der Waals surface area contributed by atoms with E-state index in [0.29, 0.717) is 24.8 Å². The Bertz CT molecular complexity index is 1980. The summed E-state index contributed by atoms with van der Waals surface area (Å²) in [4.78, 5) is 113. The Hall–Kier alpha value is -5.84. The molecule has 1 aliphatic rings. The van der Waals surface area contributed by atoms with Crippen LogP contribution < -0.4 is 5.32 Å². The van der Waals surface area contributed by atoms with E-state index in [1.54, 1.807) is 49.5 Å². The van der Waals surface area contributed by atoms with Gasteiger partial charge in [0.25, 0.3) is 17.7 Å². The van der Waals surface area contributed by atoms with Gasteiger partial charge < -0.3 is 44.1 Å². The number of carboxylic acids is 1. The summed E-state index contributed by atoms with van der Waals surface area (Å²) in [6.45, 7) is 12.1. The van der Waals surface area contributed by atoms with Crippen molar-refractivity contribution in [3.8, 4) is 0 Å². The molecule has 3 amide bonds. The number of benzene rings is 2. The molecular formula is C51H74N4O13. The van der Waals surface area contributed by atoms with Crippen molar-refractivity contribution < 1.29 is 62.4 Å². The number of likely N-dealkylation sites (tertiary alicyclic amines) is 1. The van der Waals surface area contributed by atoms with Crippen molar-refractivity contribution in [3.63, 3.8) is 0 Å². The molecule has 0 aliphatic carbocycles. The number of hydrogen-bond acceptors (Lipinski definition) is 13. The van der Waals surface area contributed by atoms with E-state index >= 15 is 0 Å². The Morgan fingerprint density at radius 1 is 0.676 bits per heavy atom. The molecule has 8 atom stereocenters. The lowest BCUT2D eigenvalue weighted by atomic mass is 9.99. The van der Waals surface area contributed by atoms with E-state index in [1.807, 2.05) is 52.8 Å². The van der Waals surface area contributed by atoms with Crippen molar-refractivity contribution in [1.82, 2.24) is 20.0 Å². The minimum Gasteiger partial charge on any atom is -0.479 e. The topological polar surface area (TPSA) is 215 Å². The van der Waals surface area contributed by atoms with Gasteiger partial charge in [-0.1, -0.05) is 108 Å². The molecule has 0 radical (unpaired) electrons. The van der Waals surface area contributed by atoms with Crippen LogP contribution in [0.5, 0.6) is 0 Å². The van der Waals surface area contributed by atoms with Crippen LogP contribution in [0.3, 0.4) is 0 Å². The van der Waals surface area contributed by atoms with E-state index < -0.39 is 96.2 Å². The Balaban J connectivity index is 1.88. The Labute approximate surface area is 401 Å². The molecule has 2 N–H and O–H groups in total. The maximum atomic E-state index is 14.4. The number of esters is 4. The second-order valence-electron chi connectivity index (χ2n) is 18.4. The van der Waals surface area contributed by atoms with Crippen LogP contribution in [0.4, 0.5) is 0 Å². The minimum atomic E-state index is -1.45. The van der Waals surface area contributed by atoms with Gasteiger partial charge in [-0.25, -0.2) is 19.2 Å². The van der Waals surface area contributed by atoms with Gasteiger partial charge in [0, 0.05) is 33.5 Å². The largest absolute Gasteiger partial charge is 0.479 e. The molecule has 3 rings (SSSR count). The molecular weight excluding hydrogens is 877 g/mol. The summed E-state index contributed by atoms with van der Waals surface area (Å²) in [5.41, 5.74) is 1.39. The number of ether oxygens (including phenoxy) is 4. The molecule has 0 spiro atoms. The normalized spacial score (nSPS) is 16.8. The number of amides is 3. The number of piperidine rings is 1. The van der Waals surface area contributed by atoms with Crippen molar-refractivity contribution in [3.05, 3.63) is 71.8 Å². The van der Waals surface area contributed by atoms with Gasteiger partial charge in [-0.15, -0.1) is 0 Å². The van der Waals surface area contributed by atoms with Crippen LogP contribution in [-0.4, -0.2) is 144 Å². The summed E-state index contributed by atoms with van der Waals surface area (Å²) in [5, 5.41) is 12.3. The van der Waals surface area contributed by atoms with Gasteiger partial charge in [-0.2, -0.15) is 0 Å². The summed E-state index contributed by atoms with van der Waals surface area (Å²) >= 11 is 0. The fourth-order valence-electron chi connectivity index (χ4n) is 8.02. The molecule has 0 unspecified atom stereocenters. The smallest absolute Gasteiger partial charge is 0.344 e. The molecule has 17 heteroatoms. The average molecular weight is 951 g/mol. The van der Waals surface area contributed by atoms with Gasteiger partial charge in [0.1, 0.15) is 24.2 Å². The van der Waals surface area contributed by atoms with Crippen LogP contribution >= 0.6 is 0 Å². The highest BCUT2D eigenvalue weighted by atomic mass is 16.6. The first-order chi connectivity index (χ1) is 32.2. The number of aliphatic carboxylic acids is 1. The number of rotatable bonds is 26. The summed E-state index contributed by atoms with van der Waals surface area (Å²) in [6, 6.07) is 13.7. The molecule has 17 nitrogen and oxygen atoms in total. The molecule has 1 saturated heterocycles. The number of carbonyl (C=O) groups is 8. The summed E-state index contributed by atoms with van der Waals surface area (Å²) in [6.07, 6.45) is -1.95. The number of hydrogen-bond donors (Lipinski definition) is 2. The van der Waals surface area contributed by atoms with Crippen LogP contribution in [0.2, 0.25) is 0 Å². The van der Waals surface area contributed by atoms with Crippen LogP contribution in [0, 0.1) is 11.8 Å². The van der Waals surface area contributed by atoms with E-state index in [2.05, 4.69) is 5.32 Å². The van der Waals surface area contributed by atoms with E-state index in [1.165, 1.54) is 37.7 Å². The third-order valence-electron chi connectivity index (χ3n) is 12.0. The van der Waals surface area contributed by atoms with Crippen molar-refractivity contribution in [2.24, 2.45) is 11.8 Å². The third-order valence-corrected chi connectivity index (χ3v) is 12.0. The monoisotopic (exact) mass is 951 g/mol. The van der Waals surface area contributed by atoms with Crippen molar-refractivity contribution in [2.45, 2.75) is 161 Å². The summed E-state index contributed by atoms with van der Waals surface area (Å²) in [7, 11) is 4.45. The second kappa shape index (κ2) is 27.8. The van der Waals surface area contributed by atoms with Crippen LogP contribution in [0.25, 0.3) is 0 Å². The van der Waals surface area contributed by atoms with Crippen molar-refractivity contribution in [2.75, 3.05) is 27.7 Å². The van der Waals surface area contributed by atoms with Crippen LogP contribution in [-0.2, 0) is 70.1 Å². The van der Waals surface area contributed by atoms with Gasteiger partial charge in [-0.3, -0.25) is 19.2 Å². The highest BCUT2D eigenvalue weighted by molar-refractivity contribution is 5.93. The summed E-state index contributed by atoms with van der Waals surface area (Å²) < 4.78 is 22.9. The number of likely N-dealkylation sites (N-methyl/N-ethyl adjacent to an activating group) is 3. The number of nitrogens with one attached hydrogen (secondary N) is 1. The number of carboxylic acid groups (broad SMARTS) is 1. The zero-order valence-corrected chi connectivity index (χ0v) is 41.5. The molecule has 0 aromatic heterocycles. The van der Waals surface area contributed by atoms with Crippen molar-refractivity contribution >= 4 is 47.6 Å². The quantitative estimate of drug-likeness (QED) is 0.0922. The molecule has 376 valence electrons. The molecule has 2 aromatic carbocycles. The molecule has 0 saturated carbocycles. The zero-order chi connectivity index (χ0) is 50.7. The standard InChI is InChI=1S/C51H74N4O13/c1-11-12-25-38(52-8)48(61)67-42(30-36-21-15-13-16-22-36)45(57)54(10)40(28-32(2)3)50(63)65-34(6)44(56)53(9)41(29-33(4)5)51(64)68-43(31-37-23-17-14-18-24-37)46(58)55-27-20-19-26-39(55)49(62)66-35(7)47(59)60/h13-18,21-24,32-35,38-43,52H,11-12,19-20,25-31H2,1-10H3,(H,59,60)/t34-,35-,38+,39+,40+,41+,42-,43-/m1/s1. The molecule has 1 fully saturated rings. The van der Waals surface area contributed by atoms with Gasteiger partial charge in [0.05, 0.1) is 0 Å². The number of carbonyl (C=O) groups excluding carboxylic acids is 7. The van der Waals surface area contributed by atoms with Gasteiger partial charge >= 0.3 is 29.8 Å². The number of unbranched alkanes of at least 4 members (excludes halogenated alkanes) is 1. The lowest BCUT2D eigenvalue weighted by Crippen LogP contribution is -2.55. The fourth-order valence-corrected chi connectivity index (χ4v) is 8.02. The first-order valence-corrected chi connectivity index (χ1v) is 23.8. The van der Waals surface area contributed by atoms with Gasteiger partial charge in [-0.05, 0) is 82.4 Å². The number of nitrogens with zero attached hydrogens (tertiary/aromatic N) is 3. The SMILES string of the molecule is CCCC[C@H](NC)C(=O)O[C@H](Cc1ccccc1)C(=O)N(C)[C@@H](CC(C)C)C(=O)O[C@H](C)C(=O)N(C)[C@@H](CC(C)C)C(=O)O[C@H](Cc1ccccc1)C(=O)N1CCCC[C@H]1C(=O)O[C@H](C)C(=O)O. The zero-order valence-electron chi connectivity index (χ0n) is 41.5. The van der Waals surface area contributed by atoms with Crippen LogP contribution in [0.1, 0.15) is 111 Å². The van der Waals surface area contributed by atoms with Gasteiger partial charge in [0.2, 0.25) is 0 Å². The Morgan fingerprint density at radius 2 is 1.18 bits per heavy atom. The fraction of sp³-hybridized carbons (Fsp3) is 0.608. The lowest BCUT2D eigenvalue weighted by Gasteiger charge is -2.37. The highest BCUT2D eigenvalue weighted by Gasteiger charge is 2.42. The van der Waals surface area contributed by atoms with E-state index in [0.717, 1.165) is 23.3 Å². The molecule has 2 aromatic rings. The maximum Gasteiger partial charge on any atom is 0.344 e. The minimum absolute atomic E-state index is 0.0471. The summed E-state index contributed by atoms with van der Waals surface area (Å²) in [5.74, 6) is -6.96. The van der Waals surface area contributed by atoms with Crippen molar-refractivity contribution in [1.29, 1.82) is 0 Å². The first kappa shape index (κ1) is 56.5. The second-order valence-corrected chi connectivity index (χ2v) is 18.4. The maximum absolute atomic E-state index is 14.4. The molecule has 68 heavy (non-hydrogen) atoms. The van der Waals surface area contributed by atoms with Crippen LogP contribution in [0.15, 0.2) is 60.7 Å². The Kier molecular flexibility index (Phi) is 23.1. The molecule has 0 bridgehead atoms. The highest BCUT2D eigenvalue weighted by Crippen LogP contribution is 2.24. The van der Waals surface area contributed by atoms with E-state index in [-0.39, 0.29) is 50.5 Å². The average Bonchev–Trinajstić information content (AvgIpc) is 3.31. The molecule has 1 heterocycles. The first-order valence-electron chi connectivity index (χ1n) is 23.8. The van der Waals surface area contributed by atoms with Gasteiger partial charge in [0.15, 0.2) is 24.4 Å². The Morgan fingerprint density at radius 3 is 1.68 bits per heavy atom. The molecule has 1 aliphatic heterocycles. The lowest BCUT2D eigenvalue weighted by molar-refractivity contribution is -0.175. The van der Waals surface area contributed by atoms with E-state index in [9.17, 15) is 43.5 Å². The predicted molar refractivity (Wildman–Crippen MR) is 253 cm³/mol. The third kappa shape index (κ3) is 17.0.